The Labute approximate surface area is 76.4 Å². The summed E-state index contributed by atoms with van der Waals surface area (Å²) in [4.78, 5) is 0. The van der Waals surface area contributed by atoms with Gasteiger partial charge in [-0.3, -0.25) is 9.53 Å². The Morgan fingerprint density at radius 1 is 1.42 bits per heavy atom. The molecule has 0 heterocycles. The quantitative estimate of drug-likeness (QED) is 0.529. The molecule has 0 bridgehead atoms. The van der Waals surface area contributed by atoms with Crippen LogP contribution in [0, 0.1) is 0 Å². The van der Waals surface area contributed by atoms with Gasteiger partial charge >= 0.3 is 0 Å². The third-order valence-electron chi connectivity index (χ3n) is 0.562. The zero-order chi connectivity index (χ0) is 10.4. The molecule has 12 heavy (non-hydrogen) atoms. The smallest absolute Gasteiger partial charge is 0.112 e. The standard InChI is InChI=1S/C5H13NO2.C2H6OS/c1-4(7)6-5(2,3)8;1-4(2)3/h4,6-8H,1-3H3;1-2H3. The highest BCUT2D eigenvalue weighted by Gasteiger charge is 2.12. The maximum absolute atomic E-state index is 9.56. The van der Waals surface area contributed by atoms with Crippen LogP contribution in [0.15, 0.2) is 0 Å². The van der Waals surface area contributed by atoms with Crippen molar-refractivity contribution in [1.82, 2.24) is 5.32 Å². The Kier molecular flexibility index (Phi) is 7.92. The molecule has 0 aromatic carbocycles. The van der Waals surface area contributed by atoms with Crippen molar-refractivity contribution >= 4 is 10.8 Å². The first-order valence-electron chi connectivity index (χ1n) is 3.58. The molecule has 76 valence electrons. The maximum atomic E-state index is 9.56. The summed E-state index contributed by atoms with van der Waals surface area (Å²) in [5, 5.41) is 20.0. The van der Waals surface area contributed by atoms with E-state index in [1.54, 1.807) is 33.3 Å². The van der Waals surface area contributed by atoms with Crippen molar-refractivity contribution < 1.29 is 14.4 Å². The molecular formula is C7H19NO3S. The summed E-state index contributed by atoms with van der Waals surface area (Å²) < 4.78 is 9.56. The molecule has 0 amide bonds. The molecule has 0 aromatic heterocycles. The fourth-order valence-corrected chi connectivity index (χ4v) is 0.511. The van der Waals surface area contributed by atoms with Crippen molar-refractivity contribution in [1.29, 1.82) is 0 Å². The molecule has 0 saturated carbocycles. The van der Waals surface area contributed by atoms with Crippen molar-refractivity contribution in [3.05, 3.63) is 0 Å². The fourth-order valence-electron chi connectivity index (χ4n) is 0.511. The lowest BCUT2D eigenvalue weighted by molar-refractivity contribution is -0.0123. The third kappa shape index (κ3) is 32.3. The Hall–Kier alpha value is 0.0300. The summed E-state index contributed by atoms with van der Waals surface area (Å²) in [5.41, 5.74) is -0.978. The second-order valence-electron chi connectivity index (χ2n) is 3.12. The lowest BCUT2D eigenvalue weighted by Gasteiger charge is -2.20. The van der Waals surface area contributed by atoms with Crippen molar-refractivity contribution in [2.45, 2.75) is 32.7 Å². The zero-order valence-electron chi connectivity index (χ0n) is 8.29. The Bertz CT molecular complexity index is 127. The minimum atomic E-state index is -0.978. The van der Waals surface area contributed by atoms with Gasteiger partial charge in [-0.15, -0.1) is 0 Å². The van der Waals surface area contributed by atoms with Crippen LogP contribution in [-0.4, -0.2) is 38.9 Å². The highest BCUT2D eigenvalue weighted by molar-refractivity contribution is 7.83. The van der Waals surface area contributed by atoms with Gasteiger partial charge in [0.05, 0.1) is 0 Å². The van der Waals surface area contributed by atoms with E-state index in [0.29, 0.717) is 0 Å². The zero-order valence-corrected chi connectivity index (χ0v) is 9.10. The van der Waals surface area contributed by atoms with Crippen LogP contribution >= 0.6 is 0 Å². The van der Waals surface area contributed by atoms with Gasteiger partial charge < -0.3 is 10.2 Å². The van der Waals surface area contributed by atoms with E-state index in [2.05, 4.69) is 5.32 Å². The molecule has 5 heteroatoms. The molecule has 0 aliphatic heterocycles. The molecule has 0 radical (unpaired) electrons. The van der Waals surface area contributed by atoms with E-state index < -0.39 is 22.8 Å². The molecule has 0 fully saturated rings. The lowest BCUT2D eigenvalue weighted by Crippen LogP contribution is -2.44. The van der Waals surface area contributed by atoms with E-state index in [1.165, 1.54) is 0 Å². The average Bonchev–Trinajstić information content (AvgIpc) is 1.52. The summed E-state index contributed by atoms with van der Waals surface area (Å²) in [6.45, 7) is 4.69. The largest absolute Gasteiger partial charge is 0.379 e. The van der Waals surface area contributed by atoms with Gasteiger partial charge in [0, 0.05) is 23.3 Å². The normalized spacial score (nSPS) is 13.7. The Morgan fingerprint density at radius 3 is 1.67 bits per heavy atom. The number of aliphatic hydroxyl groups excluding tert-OH is 1. The summed E-state index contributed by atoms with van der Waals surface area (Å²) in [6.07, 6.45) is 2.62. The first-order valence-corrected chi connectivity index (χ1v) is 5.55. The predicted molar refractivity (Wildman–Crippen MR) is 51.1 cm³/mol. The molecule has 0 aromatic rings. The van der Waals surface area contributed by atoms with Gasteiger partial charge in [-0.25, -0.2) is 0 Å². The van der Waals surface area contributed by atoms with Crippen molar-refractivity contribution in [2.75, 3.05) is 12.5 Å². The van der Waals surface area contributed by atoms with Gasteiger partial charge in [0.1, 0.15) is 12.0 Å². The van der Waals surface area contributed by atoms with Crippen LogP contribution in [0.1, 0.15) is 20.8 Å². The van der Waals surface area contributed by atoms with E-state index >= 15 is 0 Å². The highest BCUT2D eigenvalue weighted by Crippen LogP contribution is 1.94. The molecular weight excluding hydrogens is 178 g/mol. The first-order chi connectivity index (χ1) is 5.15. The SMILES string of the molecule is CC(O)NC(C)(C)O.CS(C)=O. The number of aliphatic hydroxyl groups is 2. The van der Waals surface area contributed by atoms with Crippen molar-refractivity contribution in [3.8, 4) is 0 Å². The van der Waals surface area contributed by atoms with Crippen LogP contribution in [0.2, 0.25) is 0 Å². The Balaban J connectivity index is 0. The van der Waals surface area contributed by atoms with Gasteiger partial charge in [0.15, 0.2) is 0 Å². The molecule has 0 aliphatic rings. The third-order valence-corrected chi connectivity index (χ3v) is 0.562. The van der Waals surface area contributed by atoms with Gasteiger partial charge in [0.25, 0.3) is 0 Å². The number of nitrogens with one attached hydrogen (secondary N) is 1. The number of hydrogen-bond donors (Lipinski definition) is 3. The van der Waals surface area contributed by atoms with Crippen molar-refractivity contribution in [2.24, 2.45) is 0 Å². The lowest BCUT2D eigenvalue weighted by atomic mass is 10.3. The van der Waals surface area contributed by atoms with E-state index in [4.69, 9.17) is 10.2 Å². The molecule has 0 aliphatic carbocycles. The number of hydrogen-bond acceptors (Lipinski definition) is 4. The van der Waals surface area contributed by atoms with Crippen LogP contribution in [0.25, 0.3) is 0 Å². The van der Waals surface area contributed by atoms with E-state index in [9.17, 15) is 4.21 Å². The highest BCUT2D eigenvalue weighted by atomic mass is 32.2. The molecule has 0 saturated heterocycles. The maximum Gasteiger partial charge on any atom is 0.112 e. The van der Waals surface area contributed by atoms with Crippen LogP contribution in [0.5, 0.6) is 0 Å². The summed E-state index contributed by atoms with van der Waals surface area (Å²) in [7, 11) is -0.611. The van der Waals surface area contributed by atoms with E-state index in [0.717, 1.165) is 0 Å². The molecule has 0 rings (SSSR count). The molecule has 0 spiro atoms. The minimum Gasteiger partial charge on any atom is -0.379 e. The topological polar surface area (TPSA) is 69.6 Å². The Morgan fingerprint density at radius 2 is 1.67 bits per heavy atom. The summed E-state index contributed by atoms with van der Waals surface area (Å²) in [6, 6.07) is 0. The van der Waals surface area contributed by atoms with E-state index in [-0.39, 0.29) is 0 Å². The minimum absolute atomic E-state index is 0.611. The molecule has 3 N–H and O–H groups in total. The molecule has 4 nitrogen and oxygen atoms in total. The van der Waals surface area contributed by atoms with Crippen LogP contribution in [-0.2, 0) is 10.8 Å². The average molecular weight is 197 g/mol. The monoisotopic (exact) mass is 197 g/mol. The molecule has 1 unspecified atom stereocenters. The van der Waals surface area contributed by atoms with Crippen LogP contribution < -0.4 is 5.32 Å². The second-order valence-corrected chi connectivity index (χ2v) is 4.60. The van der Waals surface area contributed by atoms with Gasteiger partial charge in [-0.1, -0.05) is 0 Å². The second kappa shape index (κ2) is 6.54. The predicted octanol–water partition coefficient (Wildman–Crippen LogP) is -0.363. The van der Waals surface area contributed by atoms with Gasteiger partial charge in [-0.2, -0.15) is 0 Å². The summed E-state index contributed by atoms with van der Waals surface area (Å²) >= 11 is 0. The van der Waals surface area contributed by atoms with Crippen LogP contribution in [0.3, 0.4) is 0 Å². The number of rotatable bonds is 2. The summed E-state index contributed by atoms with van der Waals surface area (Å²) in [5.74, 6) is 0. The van der Waals surface area contributed by atoms with E-state index in [1.807, 2.05) is 0 Å². The van der Waals surface area contributed by atoms with Crippen LogP contribution in [0.4, 0.5) is 0 Å². The fraction of sp³-hybridized carbons (Fsp3) is 1.00. The molecule has 1 atom stereocenters. The van der Waals surface area contributed by atoms with Gasteiger partial charge in [-0.05, 0) is 20.8 Å². The van der Waals surface area contributed by atoms with Gasteiger partial charge in [0.2, 0.25) is 0 Å². The van der Waals surface area contributed by atoms with Crippen molar-refractivity contribution in [3.63, 3.8) is 0 Å². The first kappa shape index (κ1) is 14.5.